The number of carbonyl (C=O) groups excluding carboxylic acids is 1. The predicted octanol–water partition coefficient (Wildman–Crippen LogP) is 0.712. The molecule has 18 heavy (non-hydrogen) atoms. The van der Waals surface area contributed by atoms with Gasteiger partial charge in [-0.05, 0) is 17.8 Å². The van der Waals surface area contributed by atoms with E-state index in [0.717, 1.165) is 11.1 Å². The maximum Gasteiger partial charge on any atom is 0.303 e. The third-order valence-electron chi connectivity index (χ3n) is 2.60. The average molecular weight is 263 g/mol. The van der Waals surface area contributed by atoms with Crippen LogP contribution in [0.25, 0.3) is 0 Å². The lowest BCUT2D eigenvalue weighted by molar-refractivity contribution is -0.143. The van der Waals surface area contributed by atoms with Crippen LogP contribution in [-0.2, 0) is 16.0 Å². The molecule has 1 aromatic carbocycles. The van der Waals surface area contributed by atoms with Crippen molar-refractivity contribution in [1.29, 1.82) is 0 Å². The Morgan fingerprint density at radius 1 is 1.56 bits per heavy atom. The smallest absolute Gasteiger partial charge is 0.303 e. The highest BCUT2D eigenvalue weighted by molar-refractivity contribution is 7.80. The van der Waals surface area contributed by atoms with E-state index >= 15 is 0 Å². The summed E-state index contributed by atoms with van der Waals surface area (Å²) in [5, 5.41) is 4.20. The van der Waals surface area contributed by atoms with Crippen molar-refractivity contribution in [2.45, 2.75) is 19.4 Å². The van der Waals surface area contributed by atoms with E-state index in [-0.39, 0.29) is 17.2 Å². The normalized spacial score (nSPS) is 19.4. The molecular weight excluding hydrogens is 250 g/mol. The van der Waals surface area contributed by atoms with Gasteiger partial charge in [-0.3, -0.25) is 10.2 Å². The fourth-order valence-electron chi connectivity index (χ4n) is 1.96. The molecule has 0 amide bonds. The van der Waals surface area contributed by atoms with E-state index in [9.17, 15) is 4.79 Å². The molecule has 0 aliphatic heterocycles. The zero-order chi connectivity index (χ0) is 13.1. The molecule has 0 bridgehead atoms. The second-order valence-corrected chi connectivity index (χ2v) is 4.37. The summed E-state index contributed by atoms with van der Waals surface area (Å²) in [5.41, 5.74) is 10.6. The molecule has 2 rings (SSSR count). The number of fused-ring (bicyclic) bond motifs is 1. The number of nitrogens with zero attached hydrogens (tertiary/aromatic N) is 1. The van der Waals surface area contributed by atoms with Gasteiger partial charge in [0.2, 0.25) is 0 Å². The summed E-state index contributed by atoms with van der Waals surface area (Å²) in [6.07, 6.45) is 0.231. The zero-order valence-corrected chi connectivity index (χ0v) is 10.7. The Bertz CT molecular complexity index is 528. The van der Waals surface area contributed by atoms with Crippen LogP contribution in [0.2, 0.25) is 0 Å². The highest BCUT2D eigenvalue weighted by Crippen LogP contribution is 2.24. The van der Waals surface area contributed by atoms with Gasteiger partial charge in [-0.1, -0.05) is 24.3 Å². The second-order valence-electron chi connectivity index (χ2n) is 3.93. The van der Waals surface area contributed by atoms with Gasteiger partial charge in [-0.15, -0.1) is 0 Å². The van der Waals surface area contributed by atoms with E-state index in [0.29, 0.717) is 12.1 Å². The van der Waals surface area contributed by atoms with Crippen LogP contribution in [0.5, 0.6) is 0 Å². The molecule has 1 unspecified atom stereocenters. The van der Waals surface area contributed by atoms with Crippen LogP contribution in [0.3, 0.4) is 0 Å². The largest absolute Gasteiger partial charge is 0.456 e. The summed E-state index contributed by atoms with van der Waals surface area (Å²) in [6.45, 7) is 1.38. The minimum atomic E-state index is -0.387. The molecule has 1 atom stereocenters. The SMILES string of the molecule is CC(=O)OC1Cc2ccccc2C1=NNC(N)=S. The summed E-state index contributed by atoms with van der Waals surface area (Å²) < 4.78 is 5.24. The number of rotatable bonds is 2. The predicted molar refractivity (Wildman–Crippen MR) is 72.2 cm³/mol. The molecule has 1 aliphatic carbocycles. The lowest BCUT2D eigenvalue weighted by atomic mass is 10.1. The van der Waals surface area contributed by atoms with E-state index < -0.39 is 0 Å². The third-order valence-corrected chi connectivity index (χ3v) is 2.69. The highest BCUT2D eigenvalue weighted by Gasteiger charge is 2.30. The molecule has 0 fully saturated rings. The minimum Gasteiger partial charge on any atom is -0.456 e. The molecule has 0 radical (unpaired) electrons. The first-order chi connectivity index (χ1) is 8.58. The zero-order valence-electron chi connectivity index (χ0n) is 9.84. The van der Waals surface area contributed by atoms with Gasteiger partial charge >= 0.3 is 5.97 Å². The fraction of sp³-hybridized carbons (Fsp3) is 0.250. The lowest BCUT2D eigenvalue weighted by Gasteiger charge is -2.11. The molecular formula is C12H13N3O2S. The van der Waals surface area contributed by atoms with Gasteiger partial charge in [-0.25, -0.2) is 0 Å². The Morgan fingerprint density at radius 3 is 2.94 bits per heavy atom. The Balaban J connectivity index is 2.32. The van der Waals surface area contributed by atoms with E-state index in [1.807, 2.05) is 24.3 Å². The van der Waals surface area contributed by atoms with E-state index in [1.165, 1.54) is 6.92 Å². The topological polar surface area (TPSA) is 76.7 Å². The van der Waals surface area contributed by atoms with Gasteiger partial charge in [0.1, 0.15) is 5.71 Å². The van der Waals surface area contributed by atoms with Crippen LogP contribution in [0, 0.1) is 0 Å². The molecule has 1 aliphatic rings. The number of nitrogens with two attached hydrogens (primary N) is 1. The standard InChI is InChI=1S/C12H13N3O2S/c1-7(16)17-10-6-8-4-2-3-5-9(8)11(10)14-15-12(13)18/h2-5,10H,6H2,1H3,(H3,13,15,18). The summed E-state index contributed by atoms with van der Waals surface area (Å²) in [5.74, 6) is -0.337. The monoisotopic (exact) mass is 263 g/mol. The number of hydrazone groups is 1. The molecule has 0 saturated heterocycles. The van der Waals surface area contributed by atoms with Crippen LogP contribution in [0.1, 0.15) is 18.1 Å². The Hall–Kier alpha value is -1.95. The Morgan fingerprint density at radius 2 is 2.28 bits per heavy atom. The first-order valence-electron chi connectivity index (χ1n) is 5.46. The maximum absolute atomic E-state index is 11.1. The number of ether oxygens (including phenoxy) is 1. The second kappa shape index (κ2) is 5.14. The molecule has 0 spiro atoms. The third kappa shape index (κ3) is 2.65. The maximum atomic E-state index is 11.1. The molecule has 6 heteroatoms. The van der Waals surface area contributed by atoms with Gasteiger partial charge in [-0.2, -0.15) is 5.10 Å². The highest BCUT2D eigenvalue weighted by atomic mass is 32.1. The molecule has 3 N–H and O–H groups in total. The van der Waals surface area contributed by atoms with Crippen LogP contribution in [-0.4, -0.2) is 22.9 Å². The van der Waals surface area contributed by atoms with Crippen LogP contribution in [0.15, 0.2) is 29.4 Å². The molecule has 0 saturated carbocycles. The minimum absolute atomic E-state index is 0.0773. The first kappa shape index (κ1) is 12.5. The number of benzene rings is 1. The molecule has 0 aromatic heterocycles. The van der Waals surface area contributed by atoms with Gasteiger partial charge in [0.15, 0.2) is 11.2 Å². The quantitative estimate of drug-likeness (QED) is 0.467. The van der Waals surface area contributed by atoms with Crippen LogP contribution < -0.4 is 11.2 Å². The molecule has 5 nitrogen and oxygen atoms in total. The van der Waals surface area contributed by atoms with Crippen molar-refractivity contribution < 1.29 is 9.53 Å². The van der Waals surface area contributed by atoms with Gasteiger partial charge in [0, 0.05) is 18.9 Å². The molecule has 0 heterocycles. The number of hydrogen-bond acceptors (Lipinski definition) is 4. The van der Waals surface area contributed by atoms with Gasteiger partial charge in [0.05, 0.1) is 0 Å². The summed E-state index contributed by atoms with van der Waals surface area (Å²) in [6, 6.07) is 7.76. The van der Waals surface area contributed by atoms with E-state index in [1.54, 1.807) is 0 Å². The van der Waals surface area contributed by atoms with E-state index in [2.05, 4.69) is 10.5 Å². The first-order valence-corrected chi connectivity index (χ1v) is 5.87. The molecule has 94 valence electrons. The lowest BCUT2D eigenvalue weighted by Crippen LogP contribution is -2.30. The van der Waals surface area contributed by atoms with Crippen molar-refractivity contribution in [3.63, 3.8) is 0 Å². The van der Waals surface area contributed by atoms with Crippen molar-refractivity contribution >= 4 is 29.0 Å². The number of thiocarbonyl (C=S) groups is 1. The van der Waals surface area contributed by atoms with Crippen molar-refractivity contribution in [3.05, 3.63) is 35.4 Å². The van der Waals surface area contributed by atoms with Crippen molar-refractivity contribution in [2.24, 2.45) is 10.8 Å². The Kier molecular flexibility index (Phi) is 3.57. The summed E-state index contributed by atoms with van der Waals surface area (Å²) in [7, 11) is 0. The van der Waals surface area contributed by atoms with Gasteiger partial charge < -0.3 is 10.5 Å². The van der Waals surface area contributed by atoms with Crippen LogP contribution in [0.4, 0.5) is 0 Å². The van der Waals surface area contributed by atoms with Crippen molar-refractivity contribution in [3.8, 4) is 0 Å². The van der Waals surface area contributed by atoms with Gasteiger partial charge in [0.25, 0.3) is 0 Å². The summed E-state index contributed by atoms with van der Waals surface area (Å²) >= 11 is 4.71. The Labute approximate surface area is 110 Å². The fourth-order valence-corrected chi connectivity index (χ4v) is 2.01. The number of carbonyl (C=O) groups is 1. The van der Waals surface area contributed by atoms with E-state index in [4.69, 9.17) is 22.7 Å². The number of nitrogens with one attached hydrogen (secondary N) is 1. The van der Waals surface area contributed by atoms with Crippen molar-refractivity contribution in [2.75, 3.05) is 0 Å². The number of esters is 1. The van der Waals surface area contributed by atoms with Crippen LogP contribution >= 0.6 is 12.2 Å². The molecule has 1 aromatic rings. The summed E-state index contributed by atoms with van der Waals surface area (Å²) in [4.78, 5) is 11.1. The van der Waals surface area contributed by atoms with Crippen molar-refractivity contribution in [1.82, 2.24) is 5.43 Å². The average Bonchev–Trinajstić information content (AvgIpc) is 2.62. The number of hydrogen-bond donors (Lipinski definition) is 2.